The van der Waals surface area contributed by atoms with Crippen molar-refractivity contribution in [2.75, 3.05) is 6.61 Å². The van der Waals surface area contributed by atoms with E-state index in [0.717, 1.165) is 10.9 Å². The van der Waals surface area contributed by atoms with Gasteiger partial charge in [-0.05, 0) is 24.1 Å². The number of aliphatic hydroxyl groups is 2. The number of aliphatic hydroxyl groups excluding tert-OH is 2. The highest BCUT2D eigenvalue weighted by Gasteiger charge is 2.31. The number of carboxylic acid groups (broad SMARTS) is 1. The van der Waals surface area contributed by atoms with Crippen LogP contribution >= 0.6 is 0 Å². The first kappa shape index (κ1) is 29.3. The van der Waals surface area contributed by atoms with Crippen LogP contribution in [0.3, 0.4) is 0 Å². The van der Waals surface area contributed by atoms with Gasteiger partial charge >= 0.3 is 5.97 Å². The number of aromatic amines is 1. The number of amides is 3. The summed E-state index contributed by atoms with van der Waals surface area (Å²) >= 11 is 0. The maximum Gasteiger partial charge on any atom is 0.326 e. The summed E-state index contributed by atoms with van der Waals surface area (Å²) in [6.07, 6.45) is 0.475. The second kappa shape index (κ2) is 13.5. The third-order valence-electron chi connectivity index (χ3n) is 6.27. The van der Waals surface area contributed by atoms with Crippen molar-refractivity contribution in [3.63, 3.8) is 0 Å². The van der Waals surface area contributed by atoms with Gasteiger partial charge in [-0.25, -0.2) is 4.79 Å². The molecule has 0 saturated heterocycles. The number of para-hydroxylation sites is 1. The molecule has 1 aromatic heterocycles. The summed E-state index contributed by atoms with van der Waals surface area (Å²) in [4.78, 5) is 53.5. The summed E-state index contributed by atoms with van der Waals surface area (Å²) in [6, 6.07) is 10.7. The summed E-state index contributed by atoms with van der Waals surface area (Å²) in [6.45, 7) is 0.508. The molecule has 0 spiro atoms. The molecule has 208 valence electrons. The summed E-state index contributed by atoms with van der Waals surface area (Å²) in [7, 11) is 0. The summed E-state index contributed by atoms with van der Waals surface area (Å²) in [5, 5.41) is 37.2. The lowest BCUT2D eigenvalue weighted by atomic mass is 10.0. The number of rotatable bonds is 13. The smallest absolute Gasteiger partial charge is 0.326 e. The van der Waals surface area contributed by atoms with Crippen LogP contribution in [0.15, 0.2) is 60.8 Å². The molecule has 0 radical (unpaired) electrons. The minimum Gasteiger partial charge on any atom is -0.480 e. The van der Waals surface area contributed by atoms with Crippen molar-refractivity contribution in [1.82, 2.24) is 20.9 Å². The number of carbonyl (C=O) groups is 4. The molecule has 0 aliphatic carbocycles. The molecule has 2 aromatic carbocycles. The fraction of sp³-hybridized carbons (Fsp3) is 0.333. The zero-order chi connectivity index (χ0) is 28.5. The van der Waals surface area contributed by atoms with Crippen molar-refractivity contribution in [2.45, 2.75) is 50.0 Å². The van der Waals surface area contributed by atoms with Crippen LogP contribution in [0.2, 0.25) is 0 Å². The molecule has 0 aliphatic heterocycles. The third-order valence-corrected chi connectivity index (χ3v) is 6.27. The monoisotopic (exact) mass is 539 g/mol. The van der Waals surface area contributed by atoms with E-state index in [2.05, 4.69) is 20.9 Å². The Morgan fingerprint density at radius 2 is 1.44 bits per heavy atom. The Balaban J connectivity index is 1.72. The Morgan fingerprint density at radius 3 is 2.08 bits per heavy atom. The number of nitrogens with two attached hydrogens (primary N) is 1. The van der Waals surface area contributed by atoms with Crippen LogP contribution in [0.4, 0.5) is 0 Å². The zero-order valence-electron chi connectivity index (χ0n) is 21.3. The number of carbonyl (C=O) groups excluding carboxylic acids is 3. The first-order chi connectivity index (χ1) is 18.6. The number of nitrogens with one attached hydrogen (secondary N) is 4. The van der Waals surface area contributed by atoms with Gasteiger partial charge in [-0.3, -0.25) is 14.4 Å². The second-order valence-electron chi connectivity index (χ2n) is 9.22. The van der Waals surface area contributed by atoms with Crippen molar-refractivity contribution >= 4 is 34.6 Å². The van der Waals surface area contributed by atoms with E-state index in [4.69, 9.17) is 5.73 Å². The van der Waals surface area contributed by atoms with Crippen molar-refractivity contribution < 1.29 is 34.5 Å². The van der Waals surface area contributed by atoms with E-state index in [0.29, 0.717) is 11.1 Å². The Labute approximate surface area is 224 Å². The van der Waals surface area contributed by atoms with Gasteiger partial charge in [0.25, 0.3) is 0 Å². The van der Waals surface area contributed by atoms with Crippen molar-refractivity contribution in [3.05, 3.63) is 71.9 Å². The summed E-state index contributed by atoms with van der Waals surface area (Å²) < 4.78 is 0. The predicted molar refractivity (Wildman–Crippen MR) is 142 cm³/mol. The fourth-order valence-electron chi connectivity index (χ4n) is 4.01. The van der Waals surface area contributed by atoms with Crippen LogP contribution in [0, 0.1) is 0 Å². The van der Waals surface area contributed by atoms with Crippen molar-refractivity contribution in [2.24, 2.45) is 5.73 Å². The van der Waals surface area contributed by atoms with E-state index < -0.39 is 60.6 Å². The maximum absolute atomic E-state index is 13.1. The molecule has 12 nitrogen and oxygen atoms in total. The first-order valence-corrected chi connectivity index (χ1v) is 12.4. The molecule has 0 aliphatic rings. The number of fused-ring (bicyclic) bond motifs is 1. The van der Waals surface area contributed by atoms with Gasteiger partial charge in [-0.1, -0.05) is 48.5 Å². The van der Waals surface area contributed by atoms with E-state index in [1.54, 1.807) is 36.5 Å². The number of hydrogen-bond acceptors (Lipinski definition) is 7. The number of aliphatic carboxylic acids is 1. The Morgan fingerprint density at radius 1 is 0.846 bits per heavy atom. The van der Waals surface area contributed by atoms with Crippen LogP contribution < -0.4 is 21.7 Å². The minimum absolute atomic E-state index is 0.0308. The normalized spacial score (nSPS) is 15.0. The molecule has 1 heterocycles. The maximum atomic E-state index is 13.1. The van der Waals surface area contributed by atoms with Crippen LogP contribution in [-0.2, 0) is 32.0 Å². The van der Waals surface area contributed by atoms with Gasteiger partial charge in [0, 0.05) is 29.9 Å². The van der Waals surface area contributed by atoms with Crippen molar-refractivity contribution in [1.29, 1.82) is 0 Å². The molecule has 0 saturated carbocycles. The Kier molecular flexibility index (Phi) is 10.1. The zero-order valence-corrected chi connectivity index (χ0v) is 21.3. The molecule has 12 heteroatoms. The minimum atomic E-state index is -1.50. The fourth-order valence-corrected chi connectivity index (χ4v) is 4.01. The third kappa shape index (κ3) is 7.87. The van der Waals surface area contributed by atoms with Gasteiger partial charge in [0.2, 0.25) is 17.7 Å². The van der Waals surface area contributed by atoms with Crippen LogP contribution in [-0.4, -0.2) is 80.9 Å². The molecule has 5 unspecified atom stereocenters. The molecule has 39 heavy (non-hydrogen) atoms. The van der Waals surface area contributed by atoms with E-state index >= 15 is 0 Å². The average molecular weight is 540 g/mol. The molecule has 3 amide bonds. The first-order valence-electron chi connectivity index (χ1n) is 12.4. The molecule has 0 bridgehead atoms. The average Bonchev–Trinajstić information content (AvgIpc) is 3.33. The summed E-state index contributed by atoms with van der Waals surface area (Å²) in [5.41, 5.74) is 7.87. The number of hydrogen-bond donors (Lipinski definition) is 8. The lowest BCUT2D eigenvalue weighted by Crippen LogP contribution is -2.59. The standard InChI is InChI=1S/C27H33N5O7/c1-15(34)23(28)26(37)30-20(11-16-7-3-2-4-8-16)24(35)32-22(14-33)25(36)31-21(27(38)39)12-17-13-29-19-10-6-5-9-18(17)19/h2-10,13,15,20-23,29,33-34H,11-12,14,28H2,1H3,(H,30,37)(H,31,36)(H,32,35)(H,38,39). The van der Waals surface area contributed by atoms with Gasteiger partial charge in [0.15, 0.2) is 0 Å². The van der Waals surface area contributed by atoms with Gasteiger partial charge < -0.3 is 42.0 Å². The van der Waals surface area contributed by atoms with E-state index in [1.807, 2.05) is 24.3 Å². The lowest BCUT2D eigenvalue weighted by Gasteiger charge is -2.25. The molecular formula is C27H33N5O7. The van der Waals surface area contributed by atoms with Gasteiger partial charge in [-0.2, -0.15) is 0 Å². The molecule has 5 atom stereocenters. The number of H-pyrrole nitrogens is 1. The Hall–Kier alpha value is -4.26. The van der Waals surface area contributed by atoms with Crippen LogP contribution in [0.5, 0.6) is 0 Å². The SMILES string of the molecule is CC(O)C(N)C(=O)NC(Cc1ccccc1)C(=O)NC(CO)C(=O)NC(Cc1c[nH]c2ccccc12)C(=O)O. The highest BCUT2D eigenvalue weighted by atomic mass is 16.4. The topological polar surface area (TPSA) is 207 Å². The predicted octanol–water partition coefficient (Wildman–Crippen LogP) is -0.807. The number of aromatic nitrogens is 1. The molecule has 3 aromatic rings. The molecular weight excluding hydrogens is 506 g/mol. The lowest BCUT2D eigenvalue weighted by molar-refractivity contribution is -0.142. The number of carboxylic acids is 1. The molecule has 0 fully saturated rings. The van der Waals surface area contributed by atoms with Crippen LogP contribution in [0.1, 0.15) is 18.1 Å². The van der Waals surface area contributed by atoms with Gasteiger partial charge in [0.1, 0.15) is 24.2 Å². The Bertz CT molecular complexity index is 1290. The summed E-state index contributed by atoms with van der Waals surface area (Å²) in [5.74, 6) is -3.79. The quantitative estimate of drug-likeness (QED) is 0.137. The largest absolute Gasteiger partial charge is 0.480 e. The van der Waals surface area contributed by atoms with E-state index in [9.17, 15) is 34.5 Å². The van der Waals surface area contributed by atoms with Crippen LogP contribution in [0.25, 0.3) is 10.9 Å². The highest BCUT2D eigenvalue weighted by Crippen LogP contribution is 2.19. The molecule has 9 N–H and O–H groups in total. The van der Waals surface area contributed by atoms with Gasteiger partial charge in [-0.15, -0.1) is 0 Å². The molecule has 3 rings (SSSR count). The highest BCUT2D eigenvalue weighted by molar-refractivity contribution is 5.94. The number of benzene rings is 2. The second-order valence-corrected chi connectivity index (χ2v) is 9.22. The van der Waals surface area contributed by atoms with E-state index in [-0.39, 0.29) is 12.8 Å². The van der Waals surface area contributed by atoms with E-state index in [1.165, 1.54) is 6.92 Å². The van der Waals surface area contributed by atoms with Gasteiger partial charge in [0.05, 0.1) is 12.7 Å². The van der Waals surface area contributed by atoms with Crippen molar-refractivity contribution in [3.8, 4) is 0 Å².